The molecule has 0 spiro atoms. The van der Waals surface area contributed by atoms with Crippen LogP contribution in [-0.4, -0.2) is 26.0 Å². The Balaban J connectivity index is 2.23. The molecular weight excluding hydrogens is 214 g/mol. The lowest BCUT2D eigenvalue weighted by Gasteiger charge is -2.08. The minimum Gasteiger partial charge on any atom is -0.327 e. The van der Waals surface area contributed by atoms with Gasteiger partial charge < -0.3 is 5.73 Å². The molecule has 2 aromatic heterocycles. The normalized spacial score (nSPS) is 12.4. The van der Waals surface area contributed by atoms with Gasteiger partial charge in [-0.3, -0.25) is 0 Å². The summed E-state index contributed by atoms with van der Waals surface area (Å²) in [6, 6.07) is 3.82. The molecule has 5 nitrogen and oxygen atoms in total. The first-order valence-corrected chi connectivity index (χ1v) is 5.63. The molecule has 88 valence electrons. The minimum absolute atomic E-state index is 0.142. The largest absolute Gasteiger partial charge is 0.327 e. The highest BCUT2D eigenvalue weighted by atomic mass is 14.9. The van der Waals surface area contributed by atoms with Gasteiger partial charge in [0.15, 0.2) is 5.82 Å². The number of hydrogen-bond acceptors (Lipinski definition) is 5. The summed E-state index contributed by atoms with van der Waals surface area (Å²) in [6.07, 6.45) is 6.60. The molecule has 0 aliphatic heterocycles. The predicted octanol–water partition coefficient (Wildman–Crippen LogP) is 1.21. The van der Waals surface area contributed by atoms with E-state index in [4.69, 9.17) is 5.73 Å². The minimum atomic E-state index is 0.142. The van der Waals surface area contributed by atoms with Crippen molar-refractivity contribution < 1.29 is 0 Å². The Labute approximate surface area is 100 Å². The van der Waals surface area contributed by atoms with Gasteiger partial charge in [0.25, 0.3) is 0 Å². The SMILES string of the molecule is CCC(N)Cc1ccnc(-c2ccncn2)n1. The molecule has 0 aliphatic rings. The molecule has 0 saturated carbocycles. The molecular formula is C12H15N5. The third-order valence-electron chi connectivity index (χ3n) is 2.52. The maximum Gasteiger partial charge on any atom is 0.178 e. The van der Waals surface area contributed by atoms with Gasteiger partial charge in [0.2, 0.25) is 0 Å². The molecule has 0 aromatic carbocycles. The van der Waals surface area contributed by atoms with Crippen LogP contribution in [0.15, 0.2) is 30.9 Å². The lowest BCUT2D eigenvalue weighted by Crippen LogP contribution is -2.22. The number of aromatic nitrogens is 4. The Bertz CT molecular complexity index is 471. The van der Waals surface area contributed by atoms with E-state index in [1.807, 2.05) is 6.07 Å². The second-order valence-corrected chi connectivity index (χ2v) is 3.84. The van der Waals surface area contributed by atoms with E-state index in [0.717, 1.165) is 24.2 Å². The monoisotopic (exact) mass is 229 g/mol. The van der Waals surface area contributed by atoms with Crippen molar-refractivity contribution in [3.8, 4) is 11.5 Å². The maximum absolute atomic E-state index is 5.91. The van der Waals surface area contributed by atoms with Crippen molar-refractivity contribution in [3.05, 3.63) is 36.5 Å². The summed E-state index contributed by atoms with van der Waals surface area (Å²) in [5.41, 5.74) is 7.58. The van der Waals surface area contributed by atoms with Crippen molar-refractivity contribution in [2.75, 3.05) is 0 Å². The molecule has 2 heterocycles. The maximum atomic E-state index is 5.91. The summed E-state index contributed by atoms with van der Waals surface area (Å²) in [5.74, 6) is 0.619. The molecule has 1 atom stereocenters. The number of rotatable bonds is 4. The van der Waals surface area contributed by atoms with E-state index in [2.05, 4.69) is 26.9 Å². The first-order chi connectivity index (χ1) is 8.29. The van der Waals surface area contributed by atoms with Crippen molar-refractivity contribution in [3.63, 3.8) is 0 Å². The predicted molar refractivity (Wildman–Crippen MR) is 65.0 cm³/mol. The highest BCUT2D eigenvalue weighted by Crippen LogP contribution is 2.10. The Kier molecular flexibility index (Phi) is 3.72. The summed E-state index contributed by atoms with van der Waals surface area (Å²) in [7, 11) is 0. The van der Waals surface area contributed by atoms with Crippen molar-refractivity contribution >= 4 is 0 Å². The molecule has 1 unspecified atom stereocenters. The van der Waals surface area contributed by atoms with Crippen LogP contribution < -0.4 is 5.73 Å². The van der Waals surface area contributed by atoms with Gasteiger partial charge in [-0.2, -0.15) is 0 Å². The van der Waals surface area contributed by atoms with Gasteiger partial charge in [0.1, 0.15) is 12.0 Å². The molecule has 5 heteroatoms. The van der Waals surface area contributed by atoms with Crippen LogP contribution in [-0.2, 0) is 6.42 Å². The molecule has 17 heavy (non-hydrogen) atoms. The van der Waals surface area contributed by atoms with Crippen LogP contribution in [0.3, 0.4) is 0 Å². The van der Waals surface area contributed by atoms with Crippen LogP contribution in [0.5, 0.6) is 0 Å². The topological polar surface area (TPSA) is 77.6 Å². The Hall–Kier alpha value is -1.88. The van der Waals surface area contributed by atoms with E-state index in [0.29, 0.717) is 5.82 Å². The second-order valence-electron chi connectivity index (χ2n) is 3.84. The van der Waals surface area contributed by atoms with E-state index in [1.54, 1.807) is 18.5 Å². The van der Waals surface area contributed by atoms with Crippen molar-refractivity contribution in [1.82, 2.24) is 19.9 Å². The van der Waals surface area contributed by atoms with Gasteiger partial charge in [-0.1, -0.05) is 6.92 Å². The van der Waals surface area contributed by atoms with Crippen molar-refractivity contribution in [1.29, 1.82) is 0 Å². The van der Waals surface area contributed by atoms with Crippen LogP contribution in [0.4, 0.5) is 0 Å². The molecule has 0 fully saturated rings. The zero-order valence-electron chi connectivity index (χ0n) is 9.74. The van der Waals surface area contributed by atoms with E-state index >= 15 is 0 Å². The lowest BCUT2D eigenvalue weighted by atomic mass is 10.1. The van der Waals surface area contributed by atoms with Gasteiger partial charge >= 0.3 is 0 Å². The van der Waals surface area contributed by atoms with Gasteiger partial charge in [0.05, 0.1) is 0 Å². The molecule has 0 radical (unpaired) electrons. The van der Waals surface area contributed by atoms with Crippen LogP contribution in [0.1, 0.15) is 19.0 Å². The fraction of sp³-hybridized carbons (Fsp3) is 0.333. The van der Waals surface area contributed by atoms with Gasteiger partial charge in [-0.25, -0.2) is 19.9 Å². The molecule has 0 saturated heterocycles. The first kappa shape index (κ1) is 11.6. The van der Waals surface area contributed by atoms with Crippen LogP contribution in [0.25, 0.3) is 11.5 Å². The molecule has 2 N–H and O–H groups in total. The second kappa shape index (κ2) is 5.45. The third kappa shape index (κ3) is 3.04. The summed E-state index contributed by atoms with van der Waals surface area (Å²) < 4.78 is 0. The van der Waals surface area contributed by atoms with Crippen LogP contribution in [0.2, 0.25) is 0 Å². The molecule has 0 amide bonds. The first-order valence-electron chi connectivity index (χ1n) is 5.63. The molecule has 2 aromatic rings. The highest BCUT2D eigenvalue weighted by Gasteiger charge is 2.06. The summed E-state index contributed by atoms with van der Waals surface area (Å²) in [5, 5.41) is 0. The number of nitrogens with zero attached hydrogens (tertiary/aromatic N) is 4. The smallest absolute Gasteiger partial charge is 0.178 e. The standard InChI is InChI=1S/C12H15N5/c1-2-9(13)7-10-3-6-15-12(17-10)11-4-5-14-8-16-11/h3-6,8-9H,2,7,13H2,1H3. The van der Waals surface area contributed by atoms with Gasteiger partial charge in [0, 0.05) is 30.6 Å². The molecule has 2 rings (SSSR count). The van der Waals surface area contributed by atoms with Crippen LogP contribution in [0, 0.1) is 0 Å². The van der Waals surface area contributed by atoms with E-state index in [9.17, 15) is 0 Å². The lowest BCUT2D eigenvalue weighted by molar-refractivity contribution is 0.636. The average Bonchev–Trinajstić information content (AvgIpc) is 2.40. The molecule has 0 bridgehead atoms. The number of hydrogen-bond donors (Lipinski definition) is 1. The van der Waals surface area contributed by atoms with Gasteiger partial charge in [-0.05, 0) is 18.6 Å². The van der Waals surface area contributed by atoms with Crippen LogP contribution >= 0.6 is 0 Å². The Morgan fingerprint density at radius 2 is 2.12 bits per heavy atom. The third-order valence-corrected chi connectivity index (χ3v) is 2.52. The summed E-state index contributed by atoms with van der Waals surface area (Å²) >= 11 is 0. The highest BCUT2D eigenvalue weighted by molar-refractivity contribution is 5.47. The Morgan fingerprint density at radius 3 is 2.82 bits per heavy atom. The summed E-state index contributed by atoms with van der Waals surface area (Å²) in [6.45, 7) is 2.07. The fourth-order valence-corrected chi connectivity index (χ4v) is 1.47. The average molecular weight is 229 g/mol. The quantitative estimate of drug-likeness (QED) is 0.852. The summed E-state index contributed by atoms with van der Waals surface area (Å²) in [4.78, 5) is 16.6. The van der Waals surface area contributed by atoms with Crippen molar-refractivity contribution in [2.45, 2.75) is 25.8 Å². The zero-order chi connectivity index (χ0) is 12.1. The van der Waals surface area contributed by atoms with E-state index in [1.165, 1.54) is 6.33 Å². The van der Waals surface area contributed by atoms with Gasteiger partial charge in [-0.15, -0.1) is 0 Å². The number of nitrogens with two attached hydrogens (primary N) is 1. The van der Waals surface area contributed by atoms with Crippen molar-refractivity contribution in [2.24, 2.45) is 5.73 Å². The zero-order valence-corrected chi connectivity index (χ0v) is 9.74. The fourth-order valence-electron chi connectivity index (χ4n) is 1.47. The van der Waals surface area contributed by atoms with E-state index in [-0.39, 0.29) is 6.04 Å². The molecule has 0 aliphatic carbocycles. The Morgan fingerprint density at radius 1 is 1.24 bits per heavy atom. The van der Waals surface area contributed by atoms with E-state index < -0.39 is 0 Å².